The normalized spacial score (nSPS) is 11.0. The highest BCUT2D eigenvalue weighted by Gasteiger charge is 2.23. The molecule has 0 saturated heterocycles. The van der Waals surface area contributed by atoms with E-state index in [-0.39, 0.29) is 20.7 Å². The molecule has 2 aromatic carbocycles. The van der Waals surface area contributed by atoms with Gasteiger partial charge in [0.1, 0.15) is 0 Å². The maximum Gasteiger partial charge on any atom is 0.339 e. The predicted octanol–water partition coefficient (Wildman–Crippen LogP) is 3.03. The van der Waals surface area contributed by atoms with E-state index >= 15 is 0 Å². The van der Waals surface area contributed by atoms with E-state index in [0.29, 0.717) is 21.9 Å². The summed E-state index contributed by atoms with van der Waals surface area (Å²) in [5.74, 6) is -1.19. The van der Waals surface area contributed by atoms with Gasteiger partial charge in [0.15, 0.2) is 0 Å². The third kappa shape index (κ3) is 4.88. The summed E-state index contributed by atoms with van der Waals surface area (Å²) in [6, 6.07) is 12.1. The lowest BCUT2D eigenvalue weighted by molar-refractivity contribution is 0.0602. The Balaban J connectivity index is 1.78. The summed E-state index contributed by atoms with van der Waals surface area (Å²) < 4.78 is 31.7. The van der Waals surface area contributed by atoms with Gasteiger partial charge in [-0.05, 0) is 36.4 Å². The monoisotopic (exact) mass is 452 g/mol. The molecule has 3 aromatic rings. The van der Waals surface area contributed by atoms with E-state index < -0.39 is 21.9 Å². The number of nitrogens with one attached hydrogen (secondary N) is 2. The van der Waals surface area contributed by atoms with Gasteiger partial charge in [0.2, 0.25) is 5.13 Å². The van der Waals surface area contributed by atoms with E-state index in [1.807, 2.05) is 0 Å². The number of para-hydroxylation sites is 1. The lowest BCUT2D eigenvalue weighted by atomic mass is 10.2. The lowest BCUT2D eigenvalue weighted by Gasteiger charge is -2.09. The zero-order valence-corrected chi connectivity index (χ0v) is 17.1. The second-order valence-corrected chi connectivity index (χ2v) is 8.75. The van der Waals surface area contributed by atoms with E-state index in [2.05, 4.69) is 25.0 Å². The Morgan fingerprint density at radius 2 is 1.76 bits per heavy atom. The molecule has 0 aliphatic rings. The van der Waals surface area contributed by atoms with Crippen molar-refractivity contribution >= 4 is 55.7 Å². The third-order valence-electron chi connectivity index (χ3n) is 3.54. The molecule has 1 heterocycles. The first-order valence-corrected chi connectivity index (χ1v) is 10.6. The van der Waals surface area contributed by atoms with Crippen LogP contribution in [0.1, 0.15) is 20.7 Å². The van der Waals surface area contributed by atoms with E-state index in [1.54, 1.807) is 24.3 Å². The Labute approximate surface area is 174 Å². The molecule has 9 nitrogen and oxygen atoms in total. The summed E-state index contributed by atoms with van der Waals surface area (Å²) in [6.45, 7) is 0. The summed E-state index contributed by atoms with van der Waals surface area (Å²) in [6.07, 6.45) is 0. The Morgan fingerprint density at radius 1 is 1.07 bits per heavy atom. The molecule has 0 atom stereocenters. The van der Waals surface area contributed by atoms with Crippen molar-refractivity contribution in [1.29, 1.82) is 0 Å². The summed E-state index contributed by atoms with van der Waals surface area (Å²) in [5, 5.41) is 10.2. The van der Waals surface area contributed by atoms with Crippen LogP contribution in [-0.4, -0.2) is 37.6 Å². The number of hydrogen-bond donors (Lipinski definition) is 2. The van der Waals surface area contributed by atoms with Crippen LogP contribution < -0.4 is 10.0 Å². The van der Waals surface area contributed by atoms with Crippen LogP contribution in [0.25, 0.3) is 0 Å². The highest BCUT2D eigenvalue weighted by molar-refractivity contribution is 7.94. The fourth-order valence-corrected chi connectivity index (χ4v) is 4.29. The van der Waals surface area contributed by atoms with Gasteiger partial charge in [-0.3, -0.25) is 14.8 Å². The Kier molecular flexibility index (Phi) is 6.11. The van der Waals surface area contributed by atoms with Crippen molar-refractivity contribution in [3.63, 3.8) is 0 Å². The summed E-state index contributed by atoms with van der Waals surface area (Å²) in [7, 11) is -2.96. The number of esters is 1. The number of halogens is 1. The first-order valence-electron chi connectivity index (χ1n) is 7.91. The minimum absolute atomic E-state index is 0.00780. The standard InChI is InChI=1S/C17H13ClN4O5S2/c1-27-15(24)12-4-2-3-5-13(12)22-29(25,26)17-21-20-16(28-17)19-14(23)10-6-8-11(18)9-7-10/h2-9,22H,1H3,(H,19,20,23). The van der Waals surface area contributed by atoms with Crippen LogP contribution in [0.3, 0.4) is 0 Å². The minimum atomic E-state index is -4.14. The van der Waals surface area contributed by atoms with Gasteiger partial charge in [-0.1, -0.05) is 35.1 Å². The van der Waals surface area contributed by atoms with Gasteiger partial charge in [0.05, 0.1) is 18.4 Å². The molecule has 0 unspecified atom stereocenters. The highest BCUT2D eigenvalue weighted by atomic mass is 35.5. The number of hydrogen-bond acceptors (Lipinski definition) is 8. The van der Waals surface area contributed by atoms with Crippen molar-refractivity contribution in [2.45, 2.75) is 4.34 Å². The molecular formula is C17H13ClN4O5S2. The van der Waals surface area contributed by atoms with Gasteiger partial charge in [-0.2, -0.15) is 8.42 Å². The van der Waals surface area contributed by atoms with Crippen LogP contribution in [-0.2, 0) is 14.8 Å². The van der Waals surface area contributed by atoms with Crippen LogP contribution in [0.5, 0.6) is 0 Å². The van der Waals surface area contributed by atoms with E-state index in [1.165, 1.54) is 31.4 Å². The van der Waals surface area contributed by atoms with E-state index in [4.69, 9.17) is 11.6 Å². The zero-order valence-electron chi connectivity index (χ0n) is 14.7. The number of rotatable bonds is 6. The number of nitrogens with zero attached hydrogens (tertiary/aromatic N) is 2. The van der Waals surface area contributed by atoms with E-state index in [9.17, 15) is 18.0 Å². The van der Waals surface area contributed by atoms with Gasteiger partial charge in [0.25, 0.3) is 20.3 Å². The van der Waals surface area contributed by atoms with Crippen LogP contribution in [0, 0.1) is 0 Å². The van der Waals surface area contributed by atoms with Crippen molar-refractivity contribution in [1.82, 2.24) is 10.2 Å². The molecule has 150 valence electrons. The smallest absolute Gasteiger partial charge is 0.339 e. The molecule has 0 bridgehead atoms. The number of carbonyl (C=O) groups excluding carboxylic acids is 2. The molecule has 0 saturated carbocycles. The predicted molar refractivity (Wildman–Crippen MR) is 108 cm³/mol. The molecule has 1 aromatic heterocycles. The second-order valence-electron chi connectivity index (χ2n) is 5.48. The SMILES string of the molecule is COC(=O)c1ccccc1NS(=O)(=O)c1nnc(NC(=O)c2ccc(Cl)cc2)s1. The quantitative estimate of drug-likeness (QED) is 0.434. The number of benzene rings is 2. The van der Waals surface area contributed by atoms with Crippen molar-refractivity contribution in [2.75, 3.05) is 17.1 Å². The first kappa shape index (κ1) is 20.7. The second kappa shape index (κ2) is 8.55. The number of aromatic nitrogens is 2. The van der Waals surface area contributed by atoms with Crippen molar-refractivity contribution in [3.05, 3.63) is 64.7 Å². The van der Waals surface area contributed by atoms with Gasteiger partial charge in [-0.25, -0.2) is 4.79 Å². The number of ether oxygens (including phenoxy) is 1. The highest BCUT2D eigenvalue weighted by Crippen LogP contribution is 2.25. The van der Waals surface area contributed by atoms with Gasteiger partial charge in [0, 0.05) is 10.6 Å². The van der Waals surface area contributed by atoms with Gasteiger partial charge >= 0.3 is 5.97 Å². The Bertz CT molecular complexity index is 1160. The Hall–Kier alpha value is -3.02. The maximum absolute atomic E-state index is 12.6. The Morgan fingerprint density at radius 3 is 2.45 bits per heavy atom. The molecule has 12 heteroatoms. The van der Waals surface area contributed by atoms with Crippen molar-refractivity contribution in [2.24, 2.45) is 0 Å². The molecule has 1 amide bonds. The first-order chi connectivity index (χ1) is 13.8. The fourth-order valence-electron chi connectivity index (χ4n) is 2.19. The largest absolute Gasteiger partial charge is 0.465 e. The molecule has 29 heavy (non-hydrogen) atoms. The molecule has 0 spiro atoms. The topological polar surface area (TPSA) is 127 Å². The summed E-state index contributed by atoms with van der Waals surface area (Å²) in [4.78, 5) is 24.0. The van der Waals surface area contributed by atoms with Crippen LogP contribution in [0.4, 0.5) is 10.8 Å². The number of anilines is 2. The average Bonchev–Trinajstić information content (AvgIpc) is 3.17. The number of sulfonamides is 1. The van der Waals surface area contributed by atoms with Crippen molar-refractivity contribution < 1.29 is 22.7 Å². The molecule has 2 N–H and O–H groups in total. The molecule has 0 aliphatic heterocycles. The third-order valence-corrected chi connectivity index (χ3v) is 6.36. The molecule has 0 fully saturated rings. The summed E-state index contributed by atoms with van der Waals surface area (Å²) >= 11 is 6.44. The average molecular weight is 453 g/mol. The molecular weight excluding hydrogens is 440 g/mol. The summed E-state index contributed by atoms with van der Waals surface area (Å²) in [5.41, 5.74) is 0.389. The van der Waals surface area contributed by atoms with Crippen LogP contribution >= 0.6 is 22.9 Å². The minimum Gasteiger partial charge on any atom is -0.465 e. The molecule has 3 rings (SSSR count). The van der Waals surface area contributed by atoms with Gasteiger partial charge in [-0.15, -0.1) is 10.2 Å². The van der Waals surface area contributed by atoms with Crippen LogP contribution in [0.2, 0.25) is 5.02 Å². The number of carbonyl (C=O) groups is 2. The number of methoxy groups -OCH3 is 1. The van der Waals surface area contributed by atoms with E-state index in [0.717, 1.165) is 0 Å². The van der Waals surface area contributed by atoms with Crippen LogP contribution in [0.15, 0.2) is 52.9 Å². The fraction of sp³-hybridized carbons (Fsp3) is 0.0588. The van der Waals surface area contributed by atoms with Gasteiger partial charge < -0.3 is 4.74 Å². The molecule has 0 radical (unpaired) electrons. The zero-order chi connectivity index (χ0) is 21.0. The lowest BCUT2D eigenvalue weighted by Crippen LogP contribution is -2.16. The van der Waals surface area contributed by atoms with Crippen molar-refractivity contribution in [3.8, 4) is 0 Å². The molecule has 0 aliphatic carbocycles. The maximum atomic E-state index is 12.6. The number of amides is 1.